The van der Waals surface area contributed by atoms with Crippen LogP contribution in [0.1, 0.15) is 89.7 Å². The summed E-state index contributed by atoms with van der Waals surface area (Å²) in [5.41, 5.74) is 16.0. The molecule has 0 spiro atoms. The lowest BCUT2D eigenvalue weighted by Gasteiger charge is -2.29. The quantitative estimate of drug-likeness (QED) is 0.0414. The summed E-state index contributed by atoms with van der Waals surface area (Å²) in [6.45, 7) is 11.5. The molecule has 324 valence electrons. The fourth-order valence-electron chi connectivity index (χ4n) is 7.50. The smallest absolute Gasteiger partial charge is 0.407 e. The number of carbonyl (C=O) groups excluding carboxylic acids is 5. The molecule has 2 aliphatic rings. The van der Waals surface area contributed by atoms with Crippen molar-refractivity contribution >= 4 is 41.5 Å². The molecule has 5 atom stereocenters. The number of nitrogens with one attached hydrogen (secondary N) is 3. The Morgan fingerprint density at radius 3 is 2.10 bits per heavy atom. The van der Waals surface area contributed by atoms with Gasteiger partial charge in [0.15, 0.2) is 11.7 Å². The van der Waals surface area contributed by atoms with Crippen LogP contribution in [0, 0.1) is 5.92 Å². The maximum atomic E-state index is 14.0. The van der Waals surface area contributed by atoms with Crippen molar-refractivity contribution in [1.82, 2.24) is 20.9 Å². The number of Topliss-reactive ketones (excluding diaryl/α,β-unsaturated/α-hetero) is 1. The highest BCUT2D eigenvalue weighted by Crippen LogP contribution is 2.44. The number of hydrogen-bond donors (Lipinski definition) is 6. The van der Waals surface area contributed by atoms with E-state index in [9.17, 15) is 33.9 Å². The van der Waals surface area contributed by atoms with Crippen LogP contribution in [0.3, 0.4) is 0 Å². The Labute approximate surface area is 352 Å². The van der Waals surface area contributed by atoms with Crippen LogP contribution >= 0.6 is 0 Å². The molecule has 1 heterocycles. The van der Waals surface area contributed by atoms with Crippen LogP contribution in [0.15, 0.2) is 90.5 Å². The fourth-order valence-corrected chi connectivity index (χ4v) is 7.50. The zero-order valence-corrected chi connectivity index (χ0v) is 33.9. The number of rotatable bonds is 22. The second kappa shape index (κ2) is 23.4. The second-order valence-corrected chi connectivity index (χ2v) is 15.1. The molecule has 1 aliphatic heterocycles. The van der Waals surface area contributed by atoms with Gasteiger partial charge >= 0.3 is 12.1 Å². The highest BCUT2D eigenvalue weighted by molar-refractivity contribution is 5.96. The Hall–Kier alpha value is -6.25. The third-order valence-electron chi connectivity index (χ3n) is 10.5. The maximum absolute atomic E-state index is 14.0. The lowest BCUT2D eigenvalue weighted by atomic mass is 9.91. The minimum Gasteiger partial charge on any atom is -0.480 e. The van der Waals surface area contributed by atoms with Gasteiger partial charge in [0.25, 0.3) is 0 Å². The van der Waals surface area contributed by atoms with Crippen molar-refractivity contribution in [2.75, 3.05) is 19.7 Å². The molecule has 2 aromatic carbocycles. The number of aliphatic imine (C=N–C) groups is 1. The van der Waals surface area contributed by atoms with E-state index in [0.717, 1.165) is 27.8 Å². The van der Waals surface area contributed by atoms with Crippen molar-refractivity contribution in [3.63, 3.8) is 0 Å². The van der Waals surface area contributed by atoms with Crippen LogP contribution in [-0.4, -0.2) is 95.4 Å². The summed E-state index contributed by atoms with van der Waals surface area (Å²) in [6.07, 6.45) is 5.06. The topological polar surface area (TPSA) is 236 Å². The predicted octanol–water partition coefficient (Wildman–Crippen LogP) is 4.71. The average Bonchev–Trinajstić information content (AvgIpc) is 3.82. The average molecular weight is 828 g/mol. The number of hydrogen-bond acceptors (Lipinski definition) is 8. The highest BCUT2D eigenvalue weighted by Gasteiger charge is 2.39. The highest BCUT2D eigenvalue weighted by atomic mass is 16.5. The third-order valence-corrected chi connectivity index (χ3v) is 10.5. The molecule has 0 saturated carbocycles. The molecule has 1 unspecified atom stereocenters. The minimum absolute atomic E-state index is 0. The van der Waals surface area contributed by atoms with Gasteiger partial charge in [0.2, 0.25) is 17.7 Å². The number of benzene rings is 2. The van der Waals surface area contributed by atoms with Gasteiger partial charge in [0.05, 0.1) is 6.04 Å². The van der Waals surface area contributed by atoms with Gasteiger partial charge in [-0.15, -0.1) is 13.2 Å². The molecule has 0 radical (unpaired) electrons. The van der Waals surface area contributed by atoms with Crippen molar-refractivity contribution in [3.05, 3.63) is 96.6 Å². The van der Waals surface area contributed by atoms with E-state index in [-0.39, 0.29) is 71.1 Å². The van der Waals surface area contributed by atoms with Gasteiger partial charge in [-0.3, -0.25) is 24.2 Å². The minimum atomic E-state index is -1.25. The number of alkyl carbamates (subject to hydrolysis) is 1. The molecular formula is C45H61N7O8. The van der Waals surface area contributed by atoms with E-state index in [1.165, 1.54) is 17.1 Å². The van der Waals surface area contributed by atoms with E-state index in [4.69, 9.17) is 16.2 Å². The summed E-state index contributed by atoms with van der Waals surface area (Å²) in [7, 11) is 0. The molecule has 1 aliphatic carbocycles. The summed E-state index contributed by atoms with van der Waals surface area (Å²) in [5.74, 6) is -4.66. The maximum Gasteiger partial charge on any atom is 0.407 e. The Morgan fingerprint density at radius 1 is 0.900 bits per heavy atom. The van der Waals surface area contributed by atoms with Gasteiger partial charge < -0.3 is 42.2 Å². The number of carbonyl (C=O) groups is 6. The molecule has 15 heteroatoms. The van der Waals surface area contributed by atoms with Gasteiger partial charge in [-0.2, -0.15) is 0 Å². The number of amides is 4. The first-order valence-corrected chi connectivity index (χ1v) is 19.9. The number of guanidine groups is 1. The zero-order chi connectivity index (χ0) is 43.1. The first kappa shape index (κ1) is 48.1. The van der Waals surface area contributed by atoms with Gasteiger partial charge in [-0.1, -0.05) is 79.8 Å². The molecule has 2 aromatic rings. The largest absolute Gasteiger partial charge is 0.480 e. The van der Waals surface area contributed by atoms with E-state index in [0.29, 0.717) is 19.3 Å². The molecule has 4 amide bonds. The lowest BCUT2D eigenvalue weighted by molar-refractivity contribution is -0.142. The molecule has 4 rings (SSSR count). The van der Waals surface area contributed by atoms with E-state index in [2.05, 4.69) is 34.1 Å². The second-order valence-electron chi connectivity index (χ2n) is 15.1. The van der Waals surface area contributed by atoms with Crippen molar-refractivity contribution in [2.24, 2.45) is 22.4 Å². The SMILES string of the molecule is C.C=CC[C@H](NC(=O)[C@H](CCCN=C(N)N)CC(=O)[C@H](CC=C(C)C)NC(=O)C1CCCN1C(=O)[C@H](CC=C)NC(=O)OCC1c2ccccc2-c2ccccc21)C(=O)O. The molecule has 1 fully saturated rings. The van der Waals surface area contributed by atoms with E-state index in [1.807, 2.05) is 62.4 Å². The molecule has 8 N–H and O–H groups in total. The monoisotopic (exact) mass is 827 g/mol. The zero-order valence-electron chi connectivity index (χ0n) is 33.9. The number of ether oxygens (including phenoxy) is 1. The molecule has 0 aromatic heterocycles. The molecular weight excluding hydrogens is 767 g/mol. The van der Waals surface area contributed by atoms with Gasteiger partial charge in [0, 0.05) is 31.3 Å². The van der Waals surface area contributed by atoms with Gasteiger partial charge in [0.1, 0.15) is 24.7 Å². The predicted molar refractivity (Wildman–Crippen MR) is 232 cm³/mol. The number of likely N-dealkylation sites (tertiary alicyclic amines) is 1. The number of fused-ring (bicyclic) bond motifs is 3. The summed E-state index contributed by atoms with van der Waals surface area (Å²) < 4.78 is 5.71. The summed E-state index contributed by atoms with van der Waals surface area (Å²) in [4.78, 5) is 85.7. The van der Waals surface area contributed by atoms with Crippen molar-refractivity contribution < 1.29 is 38.6 Å². The first-order valence-electron chi connectivity index (χ1n) is 19.9. The molecule has 60 heavy (non-hydrogen) atoms. The molecule has 0 bridgehead atoms. The number of allylic oxidation sites excluding steroid dienone is 1. The number of ketones is 1. The standard InChI is InChI=1S/C44H57N7O8.CH4/c1-5-13-35(50-44(58)59-26-33-31-18-9-7-16-29(31)30-17-8-10-19-32(30)33)41(55)51-24-12-20-37(51)40(54)48-34(22-21-27(3)4)38(52)25-28(15-11-23-47-43(45)46)39(53)49-36(14-6-2)42(56)57;/h5-10,16-19,21,28,33-37H,1-2,11-15,20,22-26H2,3-4H3,(H,48,54)(H,49,53)(H,50,58)(H,56,57)(H4,45,46,47);1H4/t28-,34+,35+,36+,37?;/m1./s1. The van der Waals surface area contributed by atoms with Crippen LogP contribution in [0.25, 0.3) is 11.1 Å². The summed E-state index contributed by atoms with van der Waals surface area (Å²) in [6, 6.07) is 11.6. The van der Waals surface area contributed by atoms with Crippen molar-refractivity contribution in [1.29, 1.82) is 0 Å². The van der Waals surface area contributed by atoms with E-state index < -0.39 is 65.7 Å². The van der Waals surface area contributed by atoms with Crippen LogP contribution in [0.4, 0.5) is 4.79 Å². The Balaban J connectivity index is 0.00000961. The van der Waals surface area contributed by atoms with Crippen LogP contribution < -0.4 is 27.4 Å². The number of carboxylic acids is 1. The van der Waals surface area contributed by atoms with Crippen molar-refractivity contribution in [2.45, 2.75) is 103 Å². The number of carboxylic acid groups (broad SMARTS) is 1. The van der Waals surface area contributed by atoms with E-state index in [1.54, 1.807) is 6.08 Å². The molecule has 1 saturated heterocycles. The van der Waals surface area contributed by atoms with Gasteiger partial charge in [-0.05, 0) is 81.0 Å². The third kappa shape index (κ3) is 13.1. The Morgan fingerprint density at radius 2 is 1.52 bits per heavy atom. The summed E-state index contributed by atoms with van der Waals surface area (Å²) >= 11 is 0. The number of nitrogens with two attached hydrogens (primary N) is 2. The Kier molecular flexibility index (Phi) is 18.7. The first-order chi connectivity index (χ1) is 28.2. The summed E-state index contributed by atoms with van der Waals surface area (Å²) in [5, 5.41) is 17.6. The van der Waals surface area contributed by atoms with Gasteiger partial charge in [-0.25, -0.2) is 9.59 Å². The van der Waals surface area contributed by atoms with E-state index >= 15 is 0 Å². The number of aliphatic carboxylic acids is 1. The normalized spacial score (nSPS) is 15.9. The van der Waals surface area contributed by atoms with Crippen LogP contribution in [-0.2, 0) is 28.7 Å². The number of nitrogens with zero attached hydrogens (tertiary/aromatic N) is 2. The van der Waals surface area contributed by atoms with Crippen molar-refractivity contribution in [3.8, 4) is 11.1 Å². The molecule has 15 nitrogen and oxygen atoms in total. The van der Waals surface area contributed by atoms with Crippen LogP contribution in [0.5, 0.6) is 0 Å². The lowest BCUT2D eigenvalue weighted by Crippen LogP contribution is -2.55. The fraction of sp³-hybridized carbons (Fsp3) is 0.444. The van der Waals surface area contributed by atoms with Crippen LogP contribution in [0.2, 0.25) is 0 Å². The Bertz CT molecular complexity index is 1890.